The monoisotopic (exact) mass is 290 g/mol. The SMILES string of the molecule is COCCCS(=O)(=O)N1CCN(CC=C(C)C)CC1. The van der Waals surface area contributed by atoms with Crippen molar-refractivity contribution in [1.82, 2.24) is 9.21 Å². The topological polar surface area (TPSA) is 49.9 Å². The van der Waals surface area contributed by atoms with Crippen LogP contribution in [-0.2, 0) is 14.8 Å². The average molecular weight is 290 g/mol. The van der Waals surface area contributed by atoms with Crippen molar-refractivity contribution in [3.05, 3.63) is 11.6 Å². The minimum absolute atomic E-state index is 0.189. The van der Waals surface area contributed by atoms with Crippen LogP contribution in [0.15, 0.2) is 11.6 Å². The van der Waals surface area contributed by atoms with Crippen LogP contribution in [0.25, 0.3) is 0 Å². The highest BCUT2D eigenvalue weighted by Crippen LogP contribution is 2.09. The van der Waals surface area contributed by atoms with Gasteiger partial charge in [-0.05, 0) is 20.3 Å². The zero-order chi connectivity index (χ0) is 14.3. The van der Waals surface area contributed by atoms with Crippen LogP contribution < -0.4 is 0 Å². The van der Waals surface area contributed by atoms with E-state index in [1.807, 2.05) is 0 Å². The fourth-order valence-corrected chi connectivity index (χ4v) is 3.48. The van der Waals surface area contributed by atoms with Crippen molar-refractivity contribution in [1.29, 1.82) is 0 Å². The molecule has 19 heavy (non-hydrogen) atoms. The molecule has 1 rings (SSSR count). The van der Waals surface area contributed by atoms with Gasteiger partial charge in [-0.15, -0.1) is 0 Å². The summed E-state index contributed by atoms with van der Waals surface area (Å²) in [5.41, 5.74) is 1.30. The van der Waals surface area contributed by atoms with E-state index in [0.717, 1.165) is 19.6 Å². The van der Waals surface area contributed by atoms with Crippen LogP contribution in [-0.4, -0.2) is 69.8 Å². The Morgan fingerprint density at radius 2 is 1.84 bits per heavy atom. The Labute approximate surface area is 117 Å². The number of sulfonamides is 1. The maximum Gasteiger partial charge on any atom is 0.214 e. The molecule has 1 aliphatic heterocycles. The van der Waals surface area contributed by atoms with Gasteiger partial charge in [0.15, 0.2) is 0 Å². The summed E-state index contributed by atoms with van der Waals surface area (Å²) in [7, 11) is -1.51. The van der Waals surface area contributed by atoms with E-state index in [9.17, 15) is 8.42 Å². The molecule has 0 saturated carbocycles. The van der Waals surface area contributed by atoms with Gasteiger partial charge >= 0.3 is 0 Å². The average Bonchev–Trinajstić information content (AvgIpc) is 2.37. The van der Waals surface area contributed by atoms with Gasteiger partial charge in [0.2, 0.25) is 10.0 Å². The molecule has 1 saturated heterocycles. The van der Waals surface area contributed by atoms with E-state index >= 15 is 0 Å². The predicted molar refractivity (Wildman–Crippen MR) is 77.7 cm³/mol. The van der Waals surface area contributed by atoms with E-state index in [1.165, 1.54) is 5.57 Å². The van der Waals surface area contributed by atoms with Crippen LogP contribution in [0, 0.1) is 0 Å². The number of methoxy groups -OCH3 is 1. The molecular formula is C13H26N2O3S. The van der Waals surface area contributed by atoms with Gasteiger partial charge in [0.05, 0.1) is 5.75 Å². The normalized spacial score (nSPS) is 18.5. The first-order valence-electron chi connectivity index (χ1n) is 6.78. The fraction of sp³-hybridized carbons (Fsp3) is 0.846. The Kier molecular flexibility index (Phi) is 6.99. The molecule has 6 heteroatoms. The lowest BCUT2D eigenvalue weighted by Gasteiger charge is -2.33. The number of piperazine rings is 1. The molecule has 0 N–H and O–H groups in total. The van der Waals surface area contributed by atoms with E-state index < -0.39 is 10.0 Å². The number of hydrogen-bond acceptors (Lipinski definition) is 4. The number of rotatable bonds is 7. The summed E-state index contributed by atoms with van der Waals surface area (Å²) >= 11 is 0. The van der Waals surface area contributed by atoms with Gasteiger partial charge in [0.25, 0.3) is 0 Å². The van der Waals surface area contributed by atoms with Crippen LogP contribution >= 0.6 is 0 Å². The second kappa shape index (κ2) is 7.99. The smallest absolute Gasteiger partial charge is 0.214 e. The lowest BCUT2D eigenvalue weighted by molar-refractivity contribution is 0.194. The highest BCUT2D eigenvalue weighted by Gasteiger charge is 2.25. The van der Waals surface area contributed by atoms with Crippen molar-refractivity contribution < 1.29 is 13.2 Å². The van der Waals surface area contributed by atoms with Crippen LogP contribution in [0.2, 0.25) is 0 Å². The lowest BCUT2D eigenvalue weighted by Crippen LogP contribution is -2.49. The summed E-state index contributed by atoms with van der Waals surface area (Å²) in [6, 6.07) is 0. The van der Waals surface area contributed by atoms with Crippen LogP contribution in [0.5, 0.6) is 0 Å². The summed E-state index contributed by atoms with van der Waals surface area (Å²) in [5, 5.41) is 0. The van der Waals surface area contributed by atoms with E-state index in [4.69, 9.17) is 4.74 Å². The van der Waals surface area contributed by atoms with Gasteiger partial charge < -0.3 is 4.74 Å². The zero-order valence-electron chi connectivity index (χ0n) is 12.3. The van der Waals surface area contributed by atoms with Gasteiger partial charge in [-0.2, -0.15) is 4.31 Å². The van der Waals surface area contributed by atoms with Crippen molar-refractivity contribution in [2.24, 2.45) is 0 Å². The maximum atomic E-state index is 12.1. The second-order valence-corrected chi connectivity index (χ2v) is 7.23. The van der Waals surface area contributed by atoms with E-state index in [0.29, 0.717) is 26.1 Å². The van der Waals surface area contributed by atoms with Gasteiger partial charge in [0, 0.05) is 46.4 Å². The molecule has 0 amide bonds. The van der Waals surface area contributed by atoms with Crippen LogP contribution in [0.4, 0.5) is 0 Å². The molecule has 1 heterocycles. The van der Waals surface area contributed by atoms with Gasteiger partial charge in [0.1, 0.15) is 0 Å². The van der Waals surface area contributed by atoms with Crippen LogP contribution in [0.3, 0.4) is 0 Å². The molecule has 0 aromatic carbocycles. The molecule has 0 aliphatic carbocycles. The number of allylic oxidation sites excluding steroid dienone is 1. The first-order chi connectivity index (χ1) is 8.95. The van der Waals surface area contributed by atoms with Crippen molar-refractivity contribution in [3.63, 3.8) is 0 Å². The molecule has 0 spiro atoms. The molecule has 5 nitrogen and oxygen atoms in total. The number of nitrogens with zero attached hydrogens (tertiary/aromatic N) is 2. The van der Waals surface area contributed by atoms with Gasteiger partial charge in [-0.1, -0.05) is 11.6 Å². The summed E-state index contributed by atoms with van der Waals surface area (Å²) in [4.78, 5) is 2.29. The molecule has 1 aliphatic rings. The molecule has 0 unspecified atom stereocenters. The van der Waals surface area contributed by atoms with E-state index in [-0.39, 0.29) is 5.75 Å². The first kappa shape index (κ1) is 16.6. The first-order valence-corrected chi connectivity index (χ1v) is 8.39. The summed E-state index contributed by atoms with van der Waals surface area (Å²) in [6.07, 6.45) is 2.75. The third kappa shape index (κ3) is 6.03. The zero-order valence-corrected chi connectivity index (χ0v) is 13.1. The molecule has 0 radical (unpaired) electrons. The highest BCUT2D eigenvalue weighted by atomic mass is 32.2. The fourth-order valence-electron chi connectivity index (χ4n) is 2.02. The Bertz CT molecular complexity index is 381. The number of ether oxygens (including phenoxy) is 1. The summed E-state index contributed by atoms with van der Waals surface area (Å²) in [6.45, 7) is 8.41. The number of hydrogen-bond donors (Lipinski definition) is 0. The Hall–Kier alpha value is -0.430. The largest absolute Gasteiger partial charge is 0.385 e. The Morgan fingerprint density at radius 1 is 1.21 bits per heavy atom. The predicted octanol–water partition coefficient (Wildman–Crippen LogP) is 0.937. The second-order valence-electron chi connectivity index (χ2n) is 5.14. The van der Waals surface area contributed by atoms with Crippen molar-refractivity contribution in [2.45, 2.75) is 20.3 Å². The Balaban J connectivity index is 2.38. The highest BCUT2D eigenvalue weighted by molar-refractivity contribution is 7.89. The molecule has 0 bridgehead atoms. The van der Waals surface area contributed by atoms with Crippen molar-refractivity contribution in [3.8, 4) is 0 Å². The molecule has 112 valence electrons. The van der Waals surface area contributed by atoms with Gasteiger partial charge in [-0.3, -0.25) is 4.90 Å². The lowest BCUT2D eigenvalue weighted by atomic mass is 10.3. The van der Waals surface area contributed by atoms with Crippen molar-refractivity contribution >= 4 is 10.0 Å². The standard InChI is InChI=1S/C13H26N2O3S/c1-13(2)5-6-14-7-9-15(10-8-14)19(16,17)12-4-11-18-3/h5H,4,6-12H2,1-3H3. The minimum Gasteiger partial charge on any atom is -0.385 e. The third-order valence-electron chi connectivity index (χ3n) is 3.23. The summed E-state index contributed by atoms with van der Waals surface area (Å²) < 4.78 is 30.7. The molecule has 0 atom stereocenters. The summed E-state index contributed by atoms with van der Waals surface area (Å²) in [5.74, 6) is 0.189. The third-order valence-corrected chi connectivity index (χ3v) is 5.19. The van der Waals surface area contributed by atoms with Gasteiger partial charge in [-0.25, -0.2) is 8.42 Å². The molecule has 1 fully saturated rings. The van der Waals surface area contributed by atoms with Crippen LogP contribution in [0.1, 0.15) is 20.3 Å². The quantitative estimate of drug-likeness (QED) is 0.517. The van der Waals surface area contributed by atoms with Crippen molar-refractivity contribution in [2.75, 3.05) is 52.2 Å². The minimum atomic E-state index is -3.10. The van der Waals surface area contributed by atoms with E-state index in [1.54, 1.807) is 11.4 Å². The van der Waals surface area contributed by atoms with E-state index in [2.05, 4.69) is 24.8 Å². The molecular weight excluding hydrogens is 264 g/mol. The Morgan fingerprint density at radius 3 is 2.37 bits per heavy atom. The maximum absolute atomic E-state index is 12.1. The molecule has 0 aromatic rings. The molecule has 0 aromatic heterocycles.